The lowest BCUT2D eigenvalue weighted by atomic mass is 10.1. The van der Waals surface area contributed by atoms with E-state index in [0.717, 1.165) is 12.7 Å². The predicted molar refractivity (Wildman–Crippen MR) is 67.6 cm³/mol. The Hall–Kier alpha value is -1.40. The van der Waals surface area contributed by atoms with Gasteiger partial charge in [0.1, 0.15) is 11.8 Å². The van der Waals surface area contributed by atoms with Gasteiger partial charge in [-0.2, -0.15) is 0 Å². The van der Waals surface area contributed by atoms with Crippen LogP contribution in [0.5, 0.6) is 5.75 Å². The number of phosphoric acid groups is 1. The first-order valence-electron chi connectivity index (χ1n) is 5.38. The average Bonchev–Trinajstić information content (AvgIpc) is 2.39. The molecule has 106 valence electrons. The number of carbonyl (C=O) groups is 1. The van der Waals surface area contributed by atoms with Gasteiger partial charge in [0, 0.05) is 7.11 Å². The van der Waals surface area contributed by atoms with E-state index in [4.69, 9.17) is 15.2 Å². The number of hydrogen-bond acceptors (Lipinski definition) is 6. The quantitative estimate of drug-likeness (QED) is 0.590. The Kier molecular flexibility index (Phi) is 5.50. The van der Waals surface area contributed by atoms with Gasteiger partial charge in [-0.3, -0.25) is 14.2 Å². The number of methoxy groups -OCH3 is 1. The summed E-state index contributed by atoms with van der Waals surface area (Å²) in [5, 5.41) is 0. The van der Waals surface area contributed by atoms with Gasteiger partial charge in [-0.05, 0) is 24.1 Å². The minimum Gasteiger partial charge on any atom is -0.468 e. The van der Waals surface area contributed by atoms with Crippen LogP contribution in [-0.4, -0.2) is 31.1 Å². The number of hydrogen-bond donors (Lipinski definition) is 2. The molecule has 3 N–H and O–H groups in total. The van der Waals surface area contributed by atoms with Gasteiger partial charge in [0.15, 0.2) is 0 Å². The van der Waals surface area contributed by atoms with Crippen molar-refractivity contribution in [2.45, 2.75) is 12.5 Å². The van der Waals surface area contributed by atoms with Crippen molar-refractivity contribution in [1.82, 2.24) is 0 Å². The summed E-state index contributed by atoms with van der Waals surface area (Å²) in [4.78, 5) is 20.3. The number of rotatable bonds is 6. The summed E-state index contributed by atoms with van der Waals surface area (Å²) in [6, 6.07) is 5.49. The zero-order valence-electron chi connectivity index (χ0n) is 10.6. The maximum absolute atomic E-state index is 11.2. The summed E-state index contributed by atoms with van der Waals surface area (Å²) in [7, 11) is -1.72. The molecule has 0 aliphatic heterocycles. The van der Waals surface area contributed by atoms with E-state index in [-0.39, 0.29) is 5.75 Å². The molecule has 0 aliphatic rings. The Labute approximate surface area is 110 Å². The van der Waals surface area contributed by atoms with E-state index in [2.05, 4.69) is 9.26 Å². The zero-order chi connectivity index (χ0) is 14.5. The van der Waals surface area contributed by atoms with Crippen LogP contribution in [0.25, 0.3) is 0 Å². The van der Waals surface area contributed by atoms with Gasteiger partial charge in [0.2, 0.25) is 0 Å². The molecule has 0 amide bonds. The summed E-state index contributed by atoms with van der Waals surface area (Å²) in [5.74, 6) is -0.317. The van der Waals surface area contributed by atoms with Crippen molar-refractivity contribution >= 4 is 13.8 Å². The molecular weight excluding hydrogens is 273 g/mol. The van der Waals surface area contributed by atoms with Crippen LogP contribution in [0.4, 0.5) is 0 Å². The molecule has 1 rings (SSSR count). The van der Waals surface area contributed by atoms with E-state index >= 15 is 0 Å². The fraction of sp³-hybridized carbons (Fsp3) is 0.364. The minimum absolute atomic E-state index is 0.183. The fourth-order valence-corrected chi connectivity index (χ4v) is 1.81. The molecule has 19 heavy (non-hydrogen) atoms. The van der Waals surface area contributed by atoms with Crippen LogP contribution in [-0.2, 0) is 25.0 Å². The van der Waals surface area contributed by atoms with Gasteiger partial charge in [-0.15, -0.1) is 0 Å². The molecule has 0 aromatic heterocycles. The van der Waals surface area contributed by atoms with E-state index in [1.807, 2.05) is 0 Å². The van der Waals surface area contributed by atoms with E-state index < -0.39 is 19.8 Å². The first-order chi connectivity index (χ1) is 8.88. The van der Waals surface area contributed by atoms with Gasteiger partial charge < -0.3 is 15.0 Å². The molecule has 0 radical (unpaired) electrons. The lowest BCUT2D eigenvalue weighted by molar-refractivity contribution is -0.142. The molecule has 2 atom stereocenters. The van der Waals surface area contributed by atoms with Crippen LogP contribution in [0.15, 0.2) is 24.3 Å². The van der Waals surface area contributed by atoms with Crippen LogP contribution < -0.4 is 10.3 Å². The van der Waals surface area contributed by atoms with Crippen LogP contribution in [0.2, 0.25) is 0 Å². The Balaban J connectivity index is 2.67. The number of carbonyl (C=O) groups excluding carboxylic acids is 1. The van der Waals surface area contributed by atoms with Crippen molar-refractivity contribution in [3.63, 3.8) is 0 Å². The third kappa shape index (κ3) is 5.00. The van der Waals surface area contributed by atoms with E-state index in [0.29, 0.717) is 6.42 Å². The molecule has 0 fully saturated rings. The highest BCUT2D eigenvalue weighted by atomic mass is 31.2. The monoisotopic (exact) mass is 289 g/mol. The smallest absolute Gasteiger partial charge is 0.468 e. The summed E-state index contributed by atoms with van der Waals surface area (Å²) in [5.41, 5.74) is 6.38. The highest BCUT2D eigenvalue weighted by molar-refractivity contribution is 7.47. The van der Waals surface area contributed by atoms with Crippen molar-refractivity contribution in [2.24, 2.45) is 5.73 Å². The molecule has 1 unspecified atom stereocenters. The Morgan fingerprint density at radius 2 is 1.95 bits per heavy atom. The normalized spacial score (nSPS) is 15.4. The van der Waals surface area contributed by atoms with Crippen LogP contribution in [0.1, 0.15) is 5.56 Å². The lowest BCUT2D eigenvalue weighted by Gasteiger charge is -2.12. The van der Waals surface area contributed by atoms with Gasteiger partial charge in [-0.1, -0.05) is 12.1 Å². The van der Waals surface area contributed by atoms with Crippen LogP contribution in [0, 0.1) is 0 Å². The van der Waals surface area contributed by atoms with E-state index in [9.17, 15) is 9.36 Å². The SMILES string of the molecule is COC(=O)[C@@H](N)Cc1ccc(OP(=O)(O)OC)cc1. The van der Waals surface area contributed by atoms with Crippen LogP contribution >= 0.6 is 7.82 Å². The number of ether oxygens (including phenoxy) is 1. The number of benzene rings is 1. The van der Waals surface area contributed by atoms with Crippen molar-refractivity contribution in [3.8, 4) is 5.75 Å². The van der Waals surface area contributed by atoms with Gasteiger partial charge in [-0.25, -0.2) is 4.57 Å². The third-order valence-electron chi connectivity index (χ3n) is 2.33. The Morgan fingerprint density at radius 3 is 2.42 bits per heavy atom. The van der Waals surface area contributed by atoms with E-state index in [1.54, 1.807) is 12.1 Å². The first-order valence-corrected chi connectivity index (χ1v) is 6.88. The van der Waals surface area contributed by atoms with Crippen molar-refractivity contribution in [3.05, 3.63) is 29.8 Å². The standard InChI is InChI=1S/C11H16NO6P/c1-16-11(13)10(12)7-8-3-5-9(6-4-8)18-19(14,15)17-2/h3-6,10H,7,12H2,1-2H3,(H,14,15)/t10-/m0/s1. The largest absolute Gasteiger partial charge is 0.527 e. The average molecular weight is 289 g/mol. The molecule has 0 aliphatic carbocycles. The number of nitrogens with two attached hydrogens (primary N) is 1. The highest BCUT2D eigenvalue weighted by Crippen LogP contribution is 2.42. The molecule has 1 aromatic carbocycles. The Morgan fingerprint density at radius 1 is 1.37 bits per heavy atom. The summed E-state index contributed by atoms with van der Waals surface area (Å²) < 4.78 is 24.7. The zero-order valence-corrected chi connectivity index (χ0v) is 11.5. The van der Waals surface area contributed by atoms with Crippen molar-refractivity contribution in [2.75, 3.05) is 14.2 Å². The van der Waals surface area contributed by atoms with Crippen molar-refractivity contribution < 1.29 is 28.0 Å². The molecule has 0 heterocycles. The topological polar surface area (TPSA) is 108 Å². The fourth-order valence-electron chi connectivity index (χ4n) is 1.35. The molecule has 0 spiro atoms. The number of phosphoric ester groups is 1. The van der Waals surface area contributed by atoms with Gasteiger partial charge in [0.05, 0.1) is 7.11 Å². The molecular formula is C11H16NO6P. The summed E-state index contributed by atoms with van der Waals surface area (Å²) in [6.45, 7) is 0. The molecule has 0 bridgehead atoms. The predicted octanol–water partition coefficient (Wildman–Crippen LogP) is 0.855. The second-order valence-corrected chi connectivity index (χ2v) is 5.20. The molecule has 0 saturated heterocycles. The minimum atomic E-state index is -4.06. The van der Waals surface area contributed by atoms with Gasteiger partial charge >= 0.3 is 13.8 Å². The maximum atomic E-state index is 11.2. The lowest BCUT2D eigenvalue weighted by Crippen LogP contribution is -2.33. The van der Waals surface area contributed by atoms with Crippen molar-refractivity contribution in [1.29, 1.82) is 0 Å². The molecule has 1 aromatic rings. The first kappa shape index (κ1) is 15.7. The molecule has 7 nitrogen and oxygen atoms in total. The second kappa shape index (κ2) is 6.68. The second-order valence-electron chi connectivity index (χ2n) is 3.72. The number of esters is 1. The highest BCUT2D eigenvalue weighted by Gasteiger charge is 2.20. The maximum Gasteiger partial charge on any atom is 0.527 e. The molecule has 0 saturated carbocycles. The summed E-state index contributed by atoms with van der Waals surface area (Å²) in [6.07, 6.45) is 0.300. The molecule has 8 heteroatoms. The third-order valence-corrected chi connectivity index (χ3v) is 3.24. The van der Waals surface area contributed by atoms with Gasteiger partial charge in [0.25, 0.3) is 0 Å². The van der Waals surface area contributed by atoms with E-state index in [1.165, 1.54) is 19.2 Å². The van der Waals surface area contributed by atoms with Crippen LogP contribution in [0.3, 0.4) is 0 Å². The summed E-state index contributed by atoms with van der Waals surface area (Å²) >= 11 is 0. The Bertz CT molecular complexity index is 475.